The number of phenolic OH excluding ortho intramolecular Hbond substituents is 6. The van der Waals surface area contributed by atoms with E-state index >= 15 is 0 Å². The van der Waals surface area contributed by atoms with Crippen LogP contribution in [0, 0.1) is 23.5 Å². The number of benzene rings is 6. The summed E-state index contributed by atoms with van der Waals surface area (Å²) in [7, 11) is 3.15. The van der Waals surface area contributed by atoms with Crippen molar-refractivity contribution in [2.75, 3.05) is 47.1 Å². The minimum Gasteiger partial charge on any atom is -0.508 e. The highest BCUT2D eigenvalue weighted by molar-refractivity contribution is 7.71. The van der Waals surface area contributed by atoms with Gasteiger partial charge < -0.3 is 59.1 Å². The third-order valence-corrected chi connectivity index (χ3v) is 14.0. The van der Waals surface area contributed by atoms with Gasteiger partial charge in [0.25, 0.3) is 0 Å². The molecule has 0 atom stereocenters. The first-order valence-corrected chi connectivity index (χ1v) is 27.0. The van der Waals surface area contributed by atoms with Crippen LogP contribution in [-0.4, -0.2) is 118 Å². The van der Waals surface area contributed by atoms with Crippen molar-refractivity contribution in [3.05, 3.63) is 153 Å². The van der Waals surface area contributed by atoms with E-state index in [1.54, 1.807) is 64.6 Å². The van der Waals surface area contributed by atoms with Gasteiger partial charge in [-0.2, -0.15) is 0 Å². The lowest BCUT2D eigenvalue weighted by molar-refractivity contribution is 0.0342. The molecule has 7 N–H and O–H groups in total. The molecule has 1 aliphatic rings. The number of morpholine rings is 1. The van der Waals surface area contributed by atoms with Crippen LogP contribution in [0.15, 0.2) is 120 Å². The van der Waals surface area contributed by atoms with Crippen LogP contribution in [0.4, 0.5) is 0 Å². The molecule has 83 heavy (non-hydrogen) atoms. The molecule has 1 aliphatic heterocycles. The number of halogens is 1. The molecule has 0 unspecified atom stereocenters. The van der Waals surface area contributed by atoms with Gasteiger partial charge in [-0.3, -0.25) is 9.47 Å². The number of hydrogen-bond donors (Lipinski definition) is 7. The van der Waals surface area contributed by atoms with E-state index in [1.807, 2.05) is 67.8 Å². The molecule has 19 nitrogen and oxygen atoms in total. The fourth-order valence-electron chi connectivity index (χ4n) is 9.14. The minimum absolute atomic E-state index is 0.00349. The average molecular weight is 1160 g/mol. The van der Waals surface area contributed by atoms with Crippen molar-refractivity contribution < 1.29 is 58.9 Å². The highest BCUT2D eigenvalue weighted by Crippen LogP contribution is 2.43. The molecule has 6 aromatic carbocycles. The SMILES string of the molecule is CC#CCc1cc(-c2onc(C)c2-c2ccc(OC)cc2)c(O)cc1O.CC(C)c1cc(-c2c[nH]c(=S)n2-c2ccc(CN3CCOCC3)cc2)c(O)cc1O.CCOC(=O)c1nnn(-c2cc(Cl)c(O)cc2O)c1-c1ccc(OC)cc1. The van der Waals surface area contributed by atoms with E-state index in [0.717, 1.165) is 72.7 Å². The molecule has 1 saturated heterocycles. The Morgan fingerprint density at radius 2 is 1.42 bits per heavy atom. The van der Waals surface area contributed by atoms with Gasteiger partial charge in [0.15, 0.2) is 16.2 Å². The summed E-state index contributed by atoms with van der Waals surface area (Å²) in [6.45, 7) is 13.8. The van der Waals surface area contributed by atoms with Crippen molar-refractivity contribution in [1.82, 2.24) is 34.6 Å². The van der Waals surface area contributed by atoms with E-state index in [1.165, 1.54) is 28.4 Å². The van der Waals surface area contributed by atoms with Crippen LogP contribution >= 0.6 is 23.8 Å². The molecule has 1 fully saturated rings. The standard InChI is InChI=1S/C23H27N3O3S.C21H19NO4.C18H16ClN3O5/c1-15(2)18-11-19(22(28)12-21(18)27)20-13-24-23(30)26(20)17-5-3-16(4-6-17)14-25-7-9-29-10-8-25;1-4-5-6-15-11-17(19(24)12-18(15)23)21-20(13(2)22-26-21)14-7-9-16(25-3)10-8-14;1-3-27-18(25)16-17(10-4-6-11(26-2)7-5-10)22(21-20-16)13-8-12(19)14(23)9-15(13)24/h3-6,11-13,15,27-28H,7-10,14H2,1-2H3,(H,24,30);7-12,23-24H,6H2,1-3H3;4-9,23-24H,3H2,1-2H3. The molecule has 4 heterocycles. The number of aromatic amines is 1. The monoisotopic (exact) mass is 1160 g/mol. The van der Waals surface area contributed by atoms with Gasteiger partial charge in [-0.15, -0.1) is 11.0 Å². The molecule has 0 radical (unpaired) electrons. The number of esters is 1. The van der Waals surface area contributed by atoms with Gasteiger partial charge in [0.1, 0.15) is 57.4 Å². The number of methoxy groups -OCH3 is 2. The van der Waals surface area contributed by atoms with Crippen molar-refractivity contribution in [3.8, 4) is 114 Å². The summed E-state index contributed by atoms with van der Waals surface area (Å²) in [5.41, 5.74) is 8.76. The number of nitrogens with one attached hydrogen (secondary N) is 1. The predicted octanol–water partition coefficient (Wildman–Crippen LogP) is 12.1. The molecule has 0 saturated carbocycles. The summed E-state index contributed by atoms with van der Waals surface area (Å²) in [5, 5.41) is 73.0. The van der Waals surface area contributed by atoms with Gasteiger partial charge in [0.05, 0.1) is 61.6 Å². The lowest BCUT2D eigenvalue weighted by atomic mass is 9.97. The summed E-state index contributed by atoms with van der Waals surface area (Å²) < 4.78 is 30.0. The number of phenols is 6. The Labute approximate surface area is 489 Å². The quantitative estimate of drug-likeness (QED) is 0.0303. The number of ether oxygens (including phenoxy) is 4. The number of imidazole rings is 1. The van der Waals surface area contributed by atoms with Gasteiger partial charge >= 0.3 is 5.97 Å². The number of carbonyl (C=O) groups excluding carboxylic acids is 1. The van der Waals surface area contributed by atoms with E-state index in [9.17, 15) is 35.4 Å². The Hall–Kier alpha value is -9.26. The smallest absolute Gasteiger partial charge is 0.361 e. The van der Waals surface area contributed by atoms with E-state index in [2.05, 4.69) is 49.3 Å². The van der Waals surface area contributed by atoms with E-state index < -0.39 is 5.97 Å². The van der Waals surface area contributed by atoms with Crippen LogP contribution in [-0.2, 0) is 22.4 Å². The summed E-state index contributed by atoms with van der Waals surface area (Å²) in [6.07, 6.45) is 2.17. The molecule has 0 aliphatic carbocycles. The lowest BCUT2D eigenvalue weighted by Crippen LogP contribution is -2.35. The Morgan fingerprint density at radius 3 is 2.05 bits per heavy atom. The molecule has 0 spiro atoms. The topological polar surface area (TPSA) is 256 Å². The van der Waals surface area contributed by atoms with Crippen molar-refractivity contribution in [3.63, 3.8) is 0 Å². The number of hydrogen-bond acceptors (Lipinski definition) is 17. The lowest BCUT2D eigenvalue weighted by Gasteiger charge is -2.26. The second kappa shape index (κ2) is 27.0. The average Bonchev–Trinajstić information content (AvgIpc) is 4.45. The van der Waals surface area contributed by atoms with Crippen LogP contribution < -0.4 is 9.47 Å². The molecule has 430 valence electrons. The normalized spacial score (nSPS) is 12.1. The minimum atomic E-state index is -0.654. The third-order valence-electron chi connectivity index (χ3n) is 13.4. The number of carbonyl (C=O) groups is 1. The van der Waals surface area contributed by atoms with Crippen molar-refractivity contribution in [2.24, 2.45) is 0 Å². The largest absolute Gasteiger partial charge is 0.508 e. The Bertz CT molecular complexity index is 3860. The molecule has 21 heteroatoms. The van der Waals surface area contributed by atoms with E-state index in [0.29, 0.717) is 56.3 Å². The highest BCUT2D eigenvalue weighted by atomic mass is 35.5. The second-order valence-corrected chi connectivity index (χ2v) is 20.0. The van der Waals surface area contributed by atoms with Crippen LogP contribution in [0.25, 0.3) is 56.3 Å². The Kier molecular flexibility index (Phi) is 19.5. The summed E-state index contributed by atoms with van der Waals surface area (Å²) in [5.74, 6) is 6.46. The molecule has 0 bridgehead atoms. The number of aromatic hydroxyl groups is 6. The van der Waals surface area contributed by atoms with Gasteiger partial charge in [-0.25, -0.2) is 9.48 Å². The number of aromatic nitrogens is 6. The predicted molar refractivity (Wildman–Crippen MR) is 317 cm³/mol. The Balaban J connectivity index is 0.000000163. The fourth-order valence-corrected chi connectivity index (χ4v) is 9.56. The van der Waals surface area contributed by atoms with Crippen molar-refractivity contribution >= 4 is 29.8 Å². The maximum absolute atomic E-state index is 12.3. The number of nitrogens with zero attached hydrogens (tertiary/aromatic N) is 6. The number of rotatable bonds is 14. The van der Waals surface area contributed by atoms with Crippen molar-refractivity contribution in [1.29, 1.82) is 0 Å². The Morgan fingerprint density at radius 1 is 0.795 bits per heavy atom. The molecule has 3 aromatic heterocycles. The first kappa shape index (κ1) is 59.9. The van der Waals surface area contributed by atoms with E-state index in [-0.39, 0.29) is 63.4 Å². The van der Waals surface area contributed by atoms with Crippen molar-refractivity contribution in [2.45, 2.75) is 53.5 Å². The molecule has 0 amide bonds. The summed E-state index contributed by atoms with van der Waals surface area (Å²) in [6, 6.07) is 31.3. The molecular formula is C62H62ClN7O12S. The van der Waals surface area contributed by atoms with Crippen LogP contribution in [0.2, 0.25) is 5.02 Å². The number of H-pyrrole nitrogens is 1. The molecule has 9 aromatic rings. The number of aryl methyl sites for hydroxylation is 1. The van der Waals surface area contributed by atoms with Crippen LogP contribution in [0.1, 0.15) is 66.5 Å². The zero-order valence-electron chi connectivity index (χ0n) is 46.6. The highest BCUT2D eigenvalue weighted by Gasteiger charge is 2.26. The molecular weight excluding hydrogens is 1100 g/mol. The fraction of sp³-hybridized carbons (Fsp3) is 0.242. The zero-order chi connectivity index (χ0) is 59.5. The van der Waals surface area contributed by atoms with Gasteiger partial charge in [-0.1, -0.05) is 66.0 Å². The summed E-state index contributed by atoms with van der Waals surface area (Å²) >= 11 is 11.5. The maximum atomic E-state index is 12.3. The second-order valence-electron chi connectivity index (χ2n) is 19.2. The maximum Gasteiger partial charge on any atom is 0.361 e. The molecule has 10 rings (SSSR count). The first-order valence-electron chi connectivity index (χ1n) is 26.3. The first-order chi connectivity index (χ1) is 39.9. The van der Waals surface area contributed by atoms with Gasteiger partial charge in [-0.05, 0) is 122 Å². The van der Waals surface area contributed by atoms with Crippen LogP contribution in [0.3, 0.4) is 0 Å². The van der Waals surface area contributed by atoms with Crippen LogP contribution in [0.5, 0.6) is 46.0 Å². The third kappa shape index (κ3) is 13.7. The van der Waals surface area contributed by atoms with Gasteiger partial charge in [0.2, 0.25) is 0 Å². The zero-order valence-corrected chi connectivity index (χ0v) is 48.2. The van der Waals surface area contributed by atoms with Gasteiger partial charge in [0, 0.05) is 72.8 Å². The van der Waals surface area contributed by atoms with E-state index in [4.69, 9.17) is 47.3 Å². The summed E-state index contributed by atoms with van der Waals surface area (Å²) in [4.78, 5) is 17.8.